The van der Waals surface area contributed by atoms with Crippen molar-refractivity contribution in [3.8, 4) is 6.07 Å². The van der Waals surface area contributed by atoms with Gasteiger partial charge in [0.15, 0.2) is 0 Å². The molecule has 6 nitrogen and oxygen atoms in total. The van der Waals surface area contributed by atoms with Gasteiger partial charge in [-0.1, -0.05) is 30.3 Å². The zero-order valence-electron chi connectivity index (χ0n) is 13.0. The number of aryl methyl sites for hydroxylation is 1. The van der Waals surface area contributed by atoms with E-state index in [0.29, 0.717) is 16.7 Å². The standard InChI is InChI=1S/C17H16N2O4S/c1-12-6-7-13(10-18)8-16(12)24(22,23)19-11-15-5-3-2-4-14(15)9-17(20)21/h2-8,19H,9,11H2,1H3,(H,20,21). The first-order valence-electron chi connectivity index (χ1n) is 7.12. The van der Waals surface area contributed by atoms with E-state index in [0.717, 1.165) is 0 Å². The number of nitriles is 1. The molecule has 7 heteroatoms. The van der Waals surface area contributed by atoms with Crippen molar-refractivity contribution in [1.82, 2.24) is 4.72 Å². The largest absolute Gasteiger partial charge is 0.481 e. The predicted molar refractivity (Wildman–Crippen MR) is 87.7 cm³/mol. The third kappa shape index (κ3) is 4.19. The van der Waals surface area contributed by atoms with E-state index in [1.807, 2.05) is 6.07 Å². The van der Waals surface area contributed by atoms with Gasteiger partial charge in [0.05, 0.1) is 22.9 Å². The summed E-state index contributed by atoms with van der Waals surface area (Å²) in [5.41, 5.74) is 1.93. The lowest BCUT2D eigenvalue weighted by Gasteiger charge is -2.12. The molecule has 0 saturated carbocycles. The minimum atomic E-state index is -3.82. The average Bonchev–Trinajstić information content (AvgIpc) is 2.54. The van der Waals surface area contributed by atoms with Gasteiger partial charge >= 0.3 is 5.97 Å². The van der Waals surface area contributed by atoms with Gasteiger partial charge in [0.25, 0.3) is 0 Å². The molecule has 2 aromatic rings. The van der Waals surface area contributed by atoms with E-state index < -0.39 is 16.0 Å². The summed E-state index contributed by atoms with van der Waals surface area (Å²) in [6.07, 6.45) is -0.180. The Morgan fingerprint density at radius 2 is 1.88 bits per heavy atom. The number of hydrogen-bond acceptors (Lipinski definition) is 4. The molecule has 0 unspecified atom stereocenters. The number of nitrogens with one attached hydrogen (secondary N) is 1. The maximum Gasteiger partial charge on any atom is 0.307 e. The molecule has 2 aromatic carbocycles. The van der Waals surface area contributed by atoms with Crippen LogP contribution in [0, 0.1) is 18.3 Å². The monoisotopic (exact) mass is 344 g/mol. The summed E-state index contributed by atoms with van der Waals surface area (Å²) in [4.78, 5) is 10.9. The Labute approximate surface area is 140 Å². The second-order valence-electron chi connectivity index (χ2n) is 5.26. The van der Waals surface area contributed by atoms with Crippen LogP contribution in [0.4, 0.5) is 0 Å². The summed E-state index contributed by atoms with van der Waals surface area (Å²) in [7, 11) is -3.82. The predicted octanol–water partition coefficient (Wildman–Crippen LogP) is 1.97. The first-order chi connectivity index (χ1) is 11.3. The van der Waals surface area contributed by atoms with Crippen molar-refractivity contribution < 1.29 is 18.3 Å². The molecule has 0 aliphatic rings. The zero-order chi connectivity index (χ0) is 17.7. The highest BCUT2D eigenvalue weighted by atomic mass is 32.2. The maximum absolute atomic E-state index is 12.5. The van der Waals surface area contributed by atoms with Crippen LogP contribution in [0.15, 0.2) is 47.4 Å². The number of sulfonamides is 1. The number of hydrogen-bond donors (Lipinski definition) is 2. The summed E-state index contributed by atoms with van der Waals surface area (Å²) in [6, 6.07) is 13.1. The van der Waals surface area contributed by atoms with Gasteiger partial charge in [-0.15, -0.1) is 0 Å². The van der Waals surface area contributed by atoms with Crippen LogP contribution in [-0.4, -0.2) is 19.5 Å². The van der Waals surface area contributed by atoms with Crippen LogP contribution in [0.3, 0.4) is 0 Å². The van der Waals surface area contributed by atoms with Gasteiger partial charge in [-0.2, -0.15) is 5.26 Å². The van der Waals surface area contributed by atoms with Crippen molar-refractivity contribution in [2.45, 2.75) is 24.8 Å². The number of nitrogens with zero attached hydrogens (tertiary/aromatic N) is 1. The molecule has 24 heavy (non-hydrogen) atoms. The van der Waals surface area contributed by atoms with Crippen LogP contribution in [-0.2, 0) is 27.8 Å². The Hall–Kier alpha value is -2.69. The Morgan fingerprint density at radius 3 is 2.50 bits per heavy atom. The van der Waals surface area contributed by atoms with Crippen LogP contribution in [0.25, 0.3) is 0 Å². The second kappa shape index (κ2) is 7.25. The summed E-state index contributed by atoms with van der Waals surface area (Å²) < 4.78 is 27.4. The number of rotatable bonds is 6. The quantitative estimate of drug-likeness (QED) is 0.833. The lowest BCUT2D eigenvalue weighted by molar-refractivity contribution is -0.136. The molecule has 0 aromatic heterocycles. The topological polar surface area (TPSA) is 107 Å². The Kier molecular flexibility index (Phi) is 5.34. The summed E-state index contributed by atoms with van der Waals surface area (Å²) in [5.74, 6) is -0.983. The van der Waals surface area contributed by atoms with E-state index in [1.165, 1.54) is 6.07 Å². The Balaban J connectivity index is 2.26. The van der Waals surface area contributed by atoms with Crippen molar-refractivity contribution in [2.75, 3.05) is 0 Å². The molecule has 0 saturated heterocycles. The van der Waals surface area contributed by atoms with Crippen LogP contribution < -0.4 is 4.72 Å². The molecular weight excluding hydrogens is 328 g/mol. The molecule has 2 rings (SSSR count). The van der Waals surface area contributed by atoms with Gasteiger partial charge in [-0.05, 0) is 35.7 Å². The normalized spacial score (nSPS) is 11.0. The number of benzene rings is 2. The number of carboxylic acid groups (broad SMARTS) is 1. The lowest BCUT2D eigenvalue weighted by Crippen LogP contribution is -2.25. The van der Waals surface area contributed by atoms with Crippen LogP contribution in [0.1, 0.15) is 22.3 Å². The van der Waals surface area contributed by atoms with Crippen LogP contribution in [0.5, 0.6) is 0 Å². The molecule has 0 aliphatic heterocycles. The summed E-state index contributed by atoms with van der Waals surface area (Å²) >= 11 is 0. The third-order valence-electron chi connectivity index (χ3n) is 3.52. The smallest absolute Gasteiger partial charge is 0.307 e. The van der Waals surface area contributed by atoms with Gasteiger partial charge in [0.2, 0.25) is 10.0 Å². The number of carbonyl (C=O) groups is 1. The molecular formula is C17H16N2O4S. The van der Waals surface area contributed by atoms with Crippen LogP contribution >= 0.6 is 0 Å². The molecule has 0 aliphatic carbocycles. The first kappa shape index (κ1) is 17.7. The van der Waals surface area contributed by atoms with E-state index in [1.54, 1.807) is 43.3 Å². The van der Waals surface area contributed by atoms with Gasteiger partial charge in [-0.25, -0.2) is 13.1 Å². The van der Waals surface area contributed by atoms with E-state index in [4.69, 9.17) is 10.4 Å². The second-order valence-corrected chi connectivity index (χ2v) is 6.99. The van der Waals surface area contributed by atoms with Crippen molar-refractivity contribution in [2.24, 2.45) is 0 Å². The maximum atomic E-state index is 12.5. The van der Waals surface area contributed by atoms with Crippen molar-refractivity contribution >= 4 is 16.0 Å². The SMILES string of the molecule is Cc1ccc(C#N)cc1S(=O)(=O)NCc1ccccc1CC(=O)O. The van der Waals surface area contributed by atoms with Crippen molar-refractivity contribution in [3.05, 3.63) is 64.7 Å². The molecule has 0 bridgehead atoms. The first-order valence-corrected chi connectivity index (χ1v) is 8.61. The van der Waals surface area contributed by atoms with Gasteiger partial charge in [0.1, 0.15) is 0 Å². The molecule has 2 N–H and O–H groups in total. The van der Waals surface area contributed by atoms with Crippen molar-refractivity contribution in [3.63, 3.8) is 0 Å². The molecule has 0 spiro atoms. The Bertz CT molecular complexity index is 914. The highest BCUT2D eigenvalue weighted by Crippen LogP contribution is 2.18. The molecule has 0 amide bonds. The summed E-state index contributed by atoms with van der Waals surface area (Å²) in [5, 5.41) is 17.8. The van der Waals surface area contributed by atoms with E-state index in [9.17, 15) is 13.2 Å². The minimum absolute atomic E-state index is 0.0258. The fourth-order valence-electron chi connectivity index (χ4n) is 2.27. The van der Waals surface area contributed by atoms with E-state index in [2.05, 4.69) is 4.72 Å². The van der Waals surface area contributed by atoms with Gasteiger partial charge < -0.3 is 5.11 Å². The molecule has 0 fully saturated rings. The van der Waals surface area contributed by atoms with E-state index >= 15 is 0 Å². The minimum Gasteiger partial charge on any atom is -0.481 e. The lowest BCUT2D eigenvalue weighted by atomic mass is 10.1. The molecule has 0 atom stereocenters. The Morgan fingerprint density at radius 1 is 1.21 bits per heavy atom. The average molecular weight is 344 g/mol. The highest BCUT2D eigenvalue weighted by molar-refractivity contribution is 7.89. The number of carboxylic acids is 1. The fourth-order valence-corrected chi connectivity index (χ4v) is 3.55. The van der Waals surface area contributed by atoms with Crippen molar-refractivity contribution in [1.29, 1.82) is 5.26 Å². The molecule has 0 heterocycles. The molecule has 124 valence electrons. The highest BCUT2D eigenvalue weighted by Gasteiger charge is 2.18. The van der Waals surface area contributed by atoms with Crippen LogP contribution in [0.2, 0.25) is 0 Å². The molecule has 0 radical (unpaired) electrons. The van der Waals surface area contributed by atoms with E-state index in [-0.39, 0.29) is 23.4 Å². The zero-order valence-corrected chi connectivity index (χ0v) is 13.8. The number of aliphatic carboxylic acids is 1. The fraction of sp³-hybridized carbons (Fsp3) is 0.176. The third-order valence-corrected chi connectivity index (χ3v) is 5.06. The van der Waals surface area contributed by atoms with Gasteiger partial charge in [0, 0.05) is 6.54 Å². The summed E-state index contributed by atoms with van der Waals surface area (Å²) in [6.45, 7) is 1.62. The van der Waals surface area contributed by atoms with Gasteiger partial charge in [-0.3, -0.25) is 4.79 Å².